The molecule has 0 spiro atoms. The van der Waals surface area contributed by atoms with Gasteiger partial charge in [0.15, 0.2) is 0 Å². The Hall–Kier alpha value is -3.68. The lowest BCUT2D eigenvalue weighted by atomic mass is 10.2. The maximum Gasteiger partial charge on any atom is 0.269 e. The monoisotopic (exact) mass is 405 g/mol. The van der Waals surface area contributed by atoms with Crippen LogP contribution in [-0.2, 0) is 11.3 Å². The van der Waals surface area contributed by atoms with Crippen LogP contribution in [0.5, 0.6) is 0 Å². The average Bonchev–Trinajstić information content (AvgIpc) is 3.32. The summed E-state index contributed by atoms with van der Waals surface area (Å²) in [4.78, 5) is 42.8. The third kappa shape index (κ3) is 3.63. The molecule has 8 heteroatoms. The lowest BCUT2D eigenvalue weighted by Gasteiger charge is -2.15. The molecule has 1 fully saturated rings. The maximum absolute atomic E-state index is 12.4. The van der Waals surface area contributed by atoms with Crippen LogP contribution in [0.3, 0.4) is 0 Å². The summed E-state index contributed by atoms with van der Waals surface area (Å²) in [5.74, 6) is 0.121. The number of aromatic nitrogens is 2. The van der Waals surface area contributed by atoms with Gasteiger partial charge in [0.25, 0.3) is 11.8 Å². The molecule has 0 radical (unpaired) electrons. The van der Waals surface area contributed by atoms with Crippen molar-refractivity contribution >= 4 is 34.4 Å². The second kappa shape index (κ2) is 7.98. The normalized spacial score (nSPS) is 13.7. The zero-order chi connectivity index (χ0) is 21.3. The van der Waals surface area contributed by atoms with Crippen LogP contribution in [0.1, 0.15) is 46.3 Å². The summed E-state index contributed by atoms with van der Waals surface area (Å²) in [7, 11) is 0. The topological polar surface area (TPSA) is 96.3 Å². The summed E-state index contributed by atoms with van der Waals surface area (Å²) in [6, 6.07) is 12.0. The molecule has 2 aromatic carbocycles. The first kappa shape index (κ1) is 19.6. The summed E-state index contributed by atoms with van der Waals surface area (Å²) in [6.07, 6.45) is 1.40. The molecule has 0 bridgehead atoms. The molecular formula is C22H23N5O3. The second-order valence-corrected chi connectivity index (χ2v) is 7.21. The van der Waals surface area contributed by atoms with Crippen molar-refractivity contribution in [3.05, 3.63) is 59.4 Å². The van der Waals surface area contributed by atoms with Crippen LogP contribution >= 0.6 is 0 Å². The molecule has 0 saturated carbocycles. The molecule has 154 valence electrons. The number of imidazole rings is 1. The Labute approximate surface area is 173 Å². The minimum Gasteiger partial charge on any atom is -0.329 e. The molecule has 30 heavy (non-hydrogen) atoms. The Kier molecular flexibility index (Phi) is 5.22. The number of nitrogens with one attached hydrogen (secondary N) is 2. The Morgan fingerprint density at radius 3 is 2.33 bits per heavy atom. The van der Waals surface area contributed by atoms with Gasteiger partial charge in [0.1, 0.15) is 5.82 Å². The predicted octanol–water partition coefficient (Wildman–Crippen LogP) is 2.57. The zero-order valence-electron chi connectivity index (χ0n) is 16.9. The molecule has 1 aliphatic heterocycles. The first-order valence-electron chi connectivity index (χ1n) is 9.96. The number of fused-ring (bicyclic) bond motifs is 1. The van der Waals surface area contributed by atoms with E-state index in [9.17, 15) is 14.4 Å². The smallest absolute Gasteiger partial charge is 0.269 e. The van der Waals surface area contributed by atoms with E-state index in [1.807, 2.05) is 19.9 Å². The van der Waals surface area contributed by atoms with Crippen molar-refractivity contribution in [2.45, 2.75) is 33.2 Å². The molecule has 8 nitrogen and oxygen atoms in total. The number of anilines is 1. The third-order valence-corrected chi connectivity index (χ3v) is 5.32. The molecular weight excluding hydrogens is 382 g/mol. The van der Waals surface area contributed by atoms with Gasteiger partial charge in [-0.15, -0.1) is 0 Å². The summed E-state index contributed by atoms with van der Waals surface area (Å²) < 4.78 is 2.07. The highest BCUT2D eigenvalue weighted by atomic mass is 16.2. The van der Waals surface area contributed by atoms with E-state index in [0.717, 1.165) is 35.5 Å². The van der Waals surface area contributed by atoms with Crippen molar-refractivity contribution in [3.8, 4) is 0 Å². The van der Waals surface area contributed by atoms with Crippen molar-refractivity contribution in [2.24, 2.45) is 0 Å². The first-order valence-corrected chi connectivity index (χ1v) is 9.96. The zero-order valence-corrected chi connectivity index (χ0v) is 16.9. The van der Waals surface area contributed by atoms with Gasteiger partial charge in [0, 0.05) is 36.3 Å². The number of benzene rings is 2. The number of hydrazine groups is 1. The van der Waals surface area contributed by atoms with Crippen molar-refractivity contribution in [3.63, 3.8) is 0 Å². The number of carbonyl (C=O) groups excluding carboxylic acids is 3. The van der Waals surface area contributed by atoms with Gasteiger partial charge >= 0.3 is 0 Å². The molecule has 3 aromatic rings. The van der Waals surface area contributed by atoms with E-state index < -0.39 is 11.8 Å². The Morgan fingerprint density at radius 1 is 1.03 bits per heavy atom. The maximum atomic E-state index is 12.4. The minimum absolute atomic E-state index is 0.0930. The van der Waals surface area contributed by atoms with Crippen molar-refractivity contribution < 1.29 is 14.4 Å². The highest BCUT2D eigenvalue weighted by Crippen LogP contribution is 2.21. The molecule has 1 saturated heterocycles. The molecule has 1 aliphatic rings. The van der Waals surface area contributed by atoms with E-state index in [1.54, 1.807) is 41.3 Å². The highest BCUT2D eigenvalue weighted by molar-refractivity contribution is 6.01. The molecule has 3 amide bonds. The van der Waals surface area contributed by atoms with Gasteiger partial charge in [-0.25, -0.2) is 4.98 Å². The van der Waals surface area contributed by atoms with Gasteiger partial charge in [0.2, 0.25) is 5.91 Å². The fourth-order valence-electron chi connectivity index (χ4n) is 3.76. The summed E-state index contributed by atoms with van der Waals surface area (Å²) in [5, 5.41) is 0. The summed E-state index contributed by atoms with van der Waals surface area (Å²) in [6.45, 7) is 5.46. The van der Waals surface area contributed by atoms with E-state index in [1.165, 1.54) is 0 Å². The molecule has 4 rings (SSSR count). The fourth-order valence-corrected chi connectivity index (χ4v) is 3.76. The van der Waals surface area contributed by atoms with E-state index in [0.29, 0.717) is 24.1 Å². The van der Waals surface area contributed by atoms with Crippen LogP contribution in [-0.4, -0.2) is 33.8 Å². The van der Waals surface area contributed by atoms with Gasteiger partial charge < -0.3 is 9.47 Å². The van der Waals surface area contributed by atoms with Gasteiger partial charge in [0.05, 0.1) is 11.0 Å². The van der Waals surface area contributed by atoms with Crippen LogP contribution in [0.15, 0.2) is 42.5 Å². The van der Waals surface area contributed by atoms with E-state index in [4.69, 9.17) is 0 Å². The Balaban J connectivity index is 1.40. The van der Waals surface area contributed by atoms with Crippen molar-refractivity contribution in [1.82, 2.24) is 20.4 Å². The SMILES string of the molecule is CCn1c(C)nc2cc(C(=O)NNC(=O)c3ccc(N4CCCC4=O)cc3)ccc21. The second-order valence-electron chi connectivity index (χ2n) is 7.21. The van der Waals surface area contributed by atoms with Crippen LogP contribution in [0.25, 0.3) is 11.0 Å². The predicted molar refractivity (Wildman–Crippen MR) is 113 cm³/mol. The lowest BCUT2D eigenvalue weighted by molar-refractivity contribution is -0.117. The molecule has 1 aromatic heterocycles. The van der Waals surface area contributed by atoms with Crippen LogP contribution in [0, 0.1) is 6.92 Å². The number of carbonyl (C=O) groups is 3. The standard InChI is InChI=1S/C22H23N5O3/c1-3-26-14(2)23-18-13-16(8-11-19(18)26)22(30)25-24-21(29)15-6-9-17(10-7-15)27-12-4-5-20(27)28/h6-11,13H,3-5,12H2,1-2H3,(H,24,29)(H,25,30). The van der Waals surface area contributed by atoms with Crippen LogP contribution < -0.4 is 15.8 Å². The molecule has 0 aliphatic carbocycles. The van der Waals surface area contributed by atoms with E-state index in [2.05, 4.69) is 20.4 Å². The van der Waals surface area contributed by atoms with E-state index in [-0.39, 0.29) is 5.91 Å². The minimum atomic E-state index is -0.435. The highest BCUT2D eigenvalue weighted by Gasteiger charge is 2.21. The molecule has 0 unspecified atom stereocenters. The van der Waals surface area contributed by atoms with Gasteiger partial charge in [-0.05, 0) is 62.7 Å². The number of hydrogen-bond acceptors (Lipinski definition) is 4. The van der Waals surface area contributed by atoms with Crippen LogP contribution in [0.4, 0.5) is 5.69 Å². The fraction of sp³-hybridized carbons (Fsp3) is 0.273. The van der Waals surface area contributed by atoms with Gasteiger partial charge in [-0.3, -0.25) is 25.2 Å². The first-order chi connectivity index (χ1) is 14.5. The van der Waals surface area contributed by atoms with E-state index >= 15 is 0 Å². The number of aryl methyl sites for hydroxylation is 2. The van der Waals surface area contributed by atoms with Gasteiger partial charge in [-0.1, -0.05) is 0 Å². The number of nitrogens with zero attached hydrogens (tertiary/aromatic N) is 3. The summed E-state index contributed by atoms with van der Waals surface area (Å²) in [5.41, 5.74) is 8.13. The van der Waals surface area contributed by atoms with Crippen molar-refractivity contribution in [2.75, 3.05) is 11.4 Å². The summed E-state index contributed by atoms with van der Waals surface area (Å²) >= 11 is 0. The van der Waals surface area contributed by atoms with Crippen LogP contribution in [0.2, 0.25) is 0 Å². The molecule has 2 N–H and O–H groups in total. The van der Waals surface area contributed by atoms with Crippen molar-refractivity contribution in [1.29, 1.82) is 0 Å². The van der Waals surface area contributed by atoms with Gasteiger partial charge in [-0.2, -0.15) is 0 Å². The number of rotatable bonds is 4. The third-order valence-electron chi connectivity index (χ3n) is 5.32. The Morgan fingerprint density at radius 2 is 1.70 bits per heavy atom. The average molecular weight is 405 g/mol. The quantitative estimate of drug-likeness (QED) is 0.652. The lowest BCUT2D eigenvalue weighted by Crippen LogP contribution is -2.41. The number of amides is 3. The molecule has 2 heterocycles. The Bertz CT molecular complexity index is 1130. The molecule has 0 atom stereocenters. The largest absolute Gasteiger partial charge is 0.329 e. The number of hydrogen-bond donors (Lipinski definition) is 2.